The predicted molar refractivity (Wildman–Crippen MR) is 115 cm³/mol. The molecule has 0 unspecified atom stereocenters. The van der Waals surface area contributed by atoms with Gasteiger partial charge in [0.1, 0.15) is 16.5 Å². The molecule has 29 heavy (non-hydrogen) atoms. The van der Waals surface area contributed by atoms with Gasteiger partial charge >= 0.3 is 0 Å². The van der Waals surface area contributed by atoms with Crippen LogP contribution < -0.4 is 4.74 Å². The third-order valence-electron chi connectivity index (χ3n) is 4.86. The Labute approximate surface area is 177 Å². The highest BCUT2D eigenvalue weighted by molar-refractivity contribution is 7.20. The molecule has 1 aliphatic rings. The van der Waals surface area contributed by atoms with Gasteiger partial charge in [-0.15, -0.1) is 22.7 Å². The summed E-state index contributed by atoms with van der Waals surface area (Å²) in [7, 11) is 1.56. The summed E-state index contributed by atoms with van der Waals surface area (Å²) in [4.78, 5) is 35.1. The number of rotatable bonds is 4. The number of amides is 2. The number of nitrogens with zero attached hydrogens (tertiary/aromatic N) is 3. The molecule has 150 valence electrons. The largest absolute Gasteiger partial charge is 0.496 e. The second kappa shape index (κ2) is 8.75. The zero-order valence-electron chi connectivity index (χ0n) is 16.0. The molecule has 1 aromatic carbocycles. The molecule has 0 radical (unpaired) electrons. The molecular formula is C21H21N3O3S2. The monoisotopic (exact) mass is 427 g/mol. The summed E-state index contributed by atoms with van der Waals surface area (Å²) in [5.41, 5.74) is 1.03. The van der Waals surface area contributed by atoms with Crippen molar-refractivity contribution < 1.29 is 14.3 Å². The molecule has 0 aliphatic carbocycles. The first kappa shape index (κ1) is 19.6. The molecule has 3 heterocycles. The van der Waals surface area contributed by atoms with Crippen LogP contribution in [0.5, 0.6) is 5.75 Å². The summed E-state index contributed by atoms with van der Waals surface area (Å²) in [6.07, 6.45) is 0.731. The maximum atomic E-state index is 12.9. The minimum atomic E-state index is -0.0735. The Hall–Kier alpha value is -2.71. The van der Waals surface area contributed by atoms with Crippen molar-refractivity contribution >= 4 is 34.5 Å². The van der Waals surface area contributed by atoms with E-state index in [-0.39, 0.29) is 11.8 Å². The number of benzene rings is 1. The van der Waals surface area contributed by atoms with Gasteiger partial charge in [-0.05, 0) is 30.0 Å². The van der Waals surface area contributed by atoms with E-state index in [2.05, 4.69) is 4.98 Å². The van der Waals surface area contributed by atoms with Crippen molar-refractivity contribution in [2.75, 3.05) is 33.3 Å². The summed E-state index contributed by atoms with van der Waals surface area (Å²) < 4.78 is 5.32. The van der Waals surface area contributed by atoms with E-state index in [1.165, 1.54) is 11.3 Å². The Bertz CT molecular complexity index is 1000. The highest BCUT2D eigenvalue weighted by atomic mass is 32.1. The number of methoxy groups -OCH3 is 1. The molecule has 1 fully saturated rings. The van der Waals surface area contributed by atoms with Crippen LogP contribution in [0.15, 0.2) is 47.2 Å². The Morgan fingerprint density at radius 2 is 1.72 bits per heavy atom. The maximum Gasteiger partial charge on any atom is 0.273 e. The summed E-state index contributed by atoms with van der Waals surface area (Å²) in [5, 5.41) is 4.69. The average molecular weight is 428 g/mol. The predicted octanol–water partition coefficient (Wildman–Crippen LogP) is 3.87. The minimum Gasteiger partial charge on any atom is -0.496 e. The van der Waals surface area contributed by atoms with Gasteiger partial charge in [-0.2, -0.15) is 0 Å². The molecule has 0 bridgehead atoms. The maximum absolute atomic E-state index is 12.9. The highest BCUT2D eigenvalue weighted by Crippen LogP contribution is 2.28. The number of carbonyl (C=O) groups is 2. The molecule has 1 aliphatic heterocycles. The van der Waals surface area contributed by atoms with Gasteiger partial charge in [0.25, 0.3) is 11.8 Å². The second-order valence-electron chi connectivity index (χ2n) is 6.65. The van der Waals surface area contributed by atoms with Gasteiger partial charge in [-0.25, -0.2) is 4.98 Å². The lowest BCUT2D eigenvalue weighted by Crippen LogP contribution is -2.37. The molecule has 0 N–H and O–H groups in total. The normalized spacial score (nSPS) is 14.5. The SMILES string of the molecule is COc1ccccc1C(=O)N1CCCN(C(=O)c2csc(-c3cccs3)n2)CC1. The van der Waals surface area contributed by atoms with Crippen LogP contribution in [0.3, 0.4) is 0 Å². The van der Waals surface area contributed by atoms with Crippen LogP contribution in [-0.4, -0.2) is 59.9 Å². The van der Waals surface area contributed by atoms with Crippen LogP contribution in [-0.2, 0) is 0 Å². The molecule has 2 amide bonds. The number of hydrogen-bond donors (Lipinski definition) is 0. The number of aromatic nitrogens is 1. The third kappa shape index (κ3) is 4.18. The summed E-state index contributed by atoms with van der Waals surface area (Å²) in [6, 6.07) is 11.2. The molecule has 3 aromatic rings. The third-order valence-corrected chi connectivity index (χ3v) is 6.74. The topological polar surface area (TPSA) is 62.7 Å². The second-order valence-corrected chi connectivity index (χ2v) is 8.46. The van der Waals surface area contributed by atoms with E-state index in [1.807, 2.05) is 35.0 Å². The zero-order valence-corrected chi connectivity index (χ0v) is 17.7. The van der Waals surface area contributed by atoms with Gasteiger partial charge < -0.3 is 14.5 Å². The average Bonchev–Trinajstić information content (AvgIpc) is 3.40. The molecular weight excluding hydrogens is 406 g/mol. The van der Waals surface area contributed by atoms with E-state index >= 15 is 0 Å². The van der Waals surface area contributed by atoms with Crippen LogP contribution in [0.2, 0.25) is 0 Å². The Morgan fingerprint density at radius 1 is 0.966 bits per heavy atom. The first-order chi connectivity index (χ1) is 14.2. The van der Waals surface area contributed by atoms with E-state index in [0.29, 0.717) is 43.2 Å². The van der Waals surface area contributed by atoms with Gasteiger partial charge in [0, 0.05) is 31.6 Å². The van der Waals surface area contributed by atoms with Crippen LogP contribution in [0, 0.1) is 0 Å². The van der Waals surface area contributed by atoms with Gasteiger partial charge in [-0.1, -0.05) is 18.2 Å². The Kier molecular flexibility index (Phi) is 5.92. The first-order valence-electron chi connectivity index (χ1n) is 9.38. The molecule has 0 atom stereocenters. The van der Waals surface area contributed by atoms with E-state index in [9.17, 15) is 9.59 Å². The standard InChI is InChI=1S/C21H21N3O3S2/c1-27-17-7-3-2-6-15(17)20(25)23-9-5-10-24(12-11-23)21(26)16-14-29-19(22-16)18-8-4-13-28-18/h2-4,6-8,13-14H,5,9-12H2,1H3. The van der Waals surface area contributed by atoms with Crippen molar-refractivity contribution in [3.63, 3.8) is 0 Å². The number of hydrogen-bond acceptors (Lipinski definition) is 6. The van der Waals surface area contributed by atoms with E-state index in [0.717, 1.165) is 16.3 Å². The van der Waals surface area contributed by atoms with Crippen molar-refractivity contribution in [3.05, 3.63) is 58.4 Å². The number of thiazole rings is 1. The molecule has 0 spiro atoms. The van der Waals surface area contributed by atoms with Crippen LogP contribution in [0.4, 0.5) is 0 Å². The van der Waals surface area contributed by atoms with Gasteiger partial charge in [0.05, 0.1) is 17.6 Å². The molecule has 8 heteroatoms. The van der Waals surface area contributed by atoms with Crippen LogP contribution >= 0.6 is 22.7 Å². The zero-order chi connectivity index (χ0) is 20.2. The van der Waals surface area contributed by atoms with E-state index in [1.54, 1.807) is 40.4 Å². The van der Waals surface area contributed by atoms with Crippen LogP contribution in [0.25, 0.3) is 9.88 Å². The summed E-state index contributed by atoms with van der Waals surface area (Å²) in [6.45, 7) is 2.20. The quantitative estimate of drug-likeness (QED) is 0.634. The van der Waals surface area contributed by atoms with Crippen molar-refractivity contribution in [2.45, 2.75) is 6.42 Å². The smallest absolute Gasteiger partial charge is 0.273 e. The lowest BCUT2D eigenvalue weighted by Gasteiger charge is -2.22. The van der Waals surface area contributed by atoms with Gasteiger partial charge in [-0.3, -0.25) is 9.59 Å². The molecule has 0 saturated carbocycles. The number of carbonyl (C=O) groups excluding carboxylic acids is 2. The fourth-order valence-electron chi connectivity index (χ4n) is 3.36. The van der Waals surface area contributed by atoms with E-state index < -0.39 is 0 Å². The minimum absolute atomic E-state index is 0.0645. The highest BCUT2D eigenvalue weighted by Gasteiger charge is 2.26. The first-order valence-corrected chi connectivity index (χ1v) is 11.1. The van der Waals surface area contributed by atoms with Crippen molar-refractivity contribution in [1.82, 2.24) is 14.8 Å². The molecule has 6 nitrogen and oxygen atoms in total. The summed E-state index contributed by atoms with van der Waals surface area (Å²) >= 11 is 3.10. The Balaban J connectivity index is 1.43. The fraction of sp³-hybridized carbons (Fsp3) is 0.286. The lowest BCUT2D eigenvalue weighted by molar-refractivity contribution is 0.0714. The molecule has 1 saturated heterocycles. The number of ether oxygens (including phenoxy) is 1. The number of thiophene rings is 1. The molecule has 4 rings (SSSR count). The van der Waals surface area contributed by atoms with Gasteiger partial charge in [0.2, 0.25) is 0 Å². The Morgan fingerprint density at radius 3 is 2.45 bits per heavy atom. The molecule has 2 aromatic heterocycles. The van der Waals surface area contributed by atoms with Crippen molar-refractivity contribution in [3.8, 4) is 15.6 Å². The van der Waals surface area contributed by atoms with Crippen LogP contribution in [0.1, 0.15) is 27.3 Å². The fourth-order valence-corrected chi connectivity index (χ4v) is 4.97. The van der Waals surface area contributed by atoms with E-state index in [4.69, 9.17) is 4.74 Å². The van der Waals surface area contributed by atoms with Crippen molar-refractivity contribution in [1.29, 1.82) is 0 Å². The number of para-hydroxylation sites is 1. The van der Waals surface area contributed by atoms with Crippen molar-refractivity contribution in [2.24, 2.45) is 0 Å². The lowest BCUT2D eigenvalue weighted by atomic mass is 10.1. The summed E-state index contributed by atoms with van der Waals surface area (Å²) in [5.74, 6) is 0.430. The van der Waals surface area contributed by atoms with Gasteiger partial charge in [0.15, 0.2) is 0 Å².